The van der Waals surface area contributed by atoms with Crippen LogP contribution in [0.1, 0.15) is 29.8 Å². The van der Waals surface area contributed by atoms with Gasteiger partial charge in [-0.2, -0.15) is 5.10 Å². The number of aromatic nitrogens is 2. The van der Waals surface area contributed by atoms with E-state index >= 15 is 0 Å². The van der Waals surface area contributed by atoms with E-state index in [4.69, 9.17) is 0 Å². The molecule has 1 heterocycles. The first-order valence-corrected chi connectivity index (χ1v) is 6.01. The summed E-state index contributed by atoms with van der Waals surface area (Å²) < 4.78 is 15.3. The Labute approximate surface area is 107 Å². The monoisotopic (exact) mass is 247 g/mol. The van der Waals surface area contributed by atoms with E-state index in [1.54, 1.807) is 17.7 Å². The van der Waals surface area contributed by atoms with Crippen molar-refractivity contribution in [2.45, 2.75) is 26.8 Å². The number of nitrogens with zero attached hydrogens (tertiary/aromatic N) is 2. The summed E-state index contributed by atoms with van der Waals surface area (Å²) in [5.41, 5.74) is 3.59. The molecule has 0 fully saturated rings. The third-order valence-electron chi connectivity index (χ3n) is 3.16. The molecule has 0 saturated carbocycles. The van der Waals surface area contributed by atoms with Crippen molar-refractivity contribution in [2.75, 3.05) is 5.32 Å². The topological polar surface area (TPSA) is 29.9 Å². The Balaban J connectivity index is 2.24. The van der Waals surface area contributed by atoms with Gasteiger partial charge in [-0.05, 0) is 32.9 Å². The molecule has 0 bridgehead atoms. The van der Waals surface area contributed by atoms with Gasteiger partial charge < -0.3 is 5.32 Å². The number of rotatable bonds is 3. The van der Waals surface area contributed by atoms with Crippen molar-refractivity contribution in [3.63, 3.8) is 0 Å². The van der Waals surface area contributed by atoms with Gasteiger partial charge in [0.25, 0.3) is 0 Å². The predicted molar refractivity (Wildman–Crippen MR) is 71.1 cm³/mol. The average molecular weight is 247 g/mol. The minimum absolute atomic E-state index is 0.0965. The number of hydrogen-bond donors (Lipinski definition) is 1. The summed E-state index contributed by atoms with van der Waals surface area (Å²) in [6, 6.07) is 5.17. The average Bonchev–Trinajstić information content (AvgIpc) is 2.64. The lowest BCUT2D eigenvalue weighted by Crippen LogP contribution is -2.08. The summed E-state index contributed by atoms with van der Waals surface area (Å²) in [5.74, 6) is -0.185. The zero-order valence-electron chi connectivity index (χ0n) is 11.2. The number of halogens is 1. The molecule has 0 aliphatic heterocycles. The maximum Gasteiger partial charge on any atom is 0.128 e. The van der Waals surface area contributed by atoms with E-state index in [9.17, 15) is 4.39 Å². The molecule has 0 saturated heterocycles. The van der Waals surface area contributed by atoms with Crippen molar-refractivity contribution >= 4 is 5.69 Å². The van der Waals surface area contributed by atoms with Crippen LogP contribution in [0.2, 0.25) is 0 Å². The van der Waals surface area contributed by atoms with Crippen LogP contribution >= 0.6 is 0 Å². The summed E-state index contributed by atoms with van der Waals surface area (Å²) >= 11 is 0. The minimum Gasteiger partial charge on any atom is -0.378 e. The van der Waals surface area contributed by atoms with Gasteiger partial charge in [-0.3, -0.25) is 4.68 Å². The fourth-order valence-corrected chi connectivity index (χ4v) is 2.12. The van der Waals surface area contributed by atoms with Crippen molar-refractivity contribution in [3.8, 4) is 0 Å². The van der Waals surface area contributed by atoms with Gasteiger partial charge in [0.05, 0.1) is 11.7 Å². The lowest BCUT2D eigenvalue weighted by Gasteiger charge is -2.16. The third-order valence-corrected chi connectivity index (χ3v) is 3.16. The Hall–Kier alpha value is -1.84. The fraction of sp³-hybridized carbons (Fsp3) is 0.357. The van der Waals surface area contributed by atoms with E-state index in [0.717, 1.165) is 16.9 Å². The van der Waals surface area contributed by atoms with E-state index < -0.39 is 0 Å². The lowest BCUT2D eigenvalue weighted by molar-refractivity contribution is 0.618. The van der Waals surface area contributed by atoms with Crippen LogP contribution < -0.4 is 5.32 Å². The molecule has 2 aromatic rings. The molecule has 2 rings (SSSR count). The van der Waals surface area contributed by atoms with Crippen molar-refractivity contribution in [1.82, 2.24) is 9.78 Å². The second-order valence-corrected chi connectivity index (χ2v) is 4.62. The fourth-order valence-electron chi connectivity index (χ4n) is 2.12. The molecule has 1 aromatic heterocycles. The molecule has 0 spiro atoms. The Kier molecular flexibility index (Phi) is 3.36. The van der Waals surface area contributed by atoms with Crippen LogP contribution in [0.25, 0.3) is 0 Å². The molecule has 96 valence electrons. The standard InChI is InChI=1S/C14H18FN3/c1-9-13(15)6-5-7-14(9)16-10(2)12-8-18(4)17-11(12)3/h5-8,10,16H,1-4H3. The maximum atomic E-state index is 13.5. The zero-order valence-corrected chi connectivity index (χ0v) is 11.2. The molecule has 0 aliphatic carbocycles. The van der Waals surface area contributed by atoms with Crippen molar-refractivity contribution in [2.24, 2.45) is 7.05 Å². The van der Waals surface area contributed by atoms with Gasteiger partial charge in [0.1, 0.15) is 5.82 Å². The minimum atomic E-state index is -0.185. The third kappa shape index (κ3) is 2.37. The van der Waals surface area contributed by atoms with Gasteiger partial charge in [-0.1, -0.05) is 6.07 Å². The molecular weight excluding hydrogens is 229 g/mol. The highest BCUT2D eigenvalue weighted by atomic mass is 19.1. The van der Waals surface area contributed by atoms with Gasteiger partial charge in [-0.25, -0.2) is 4.39 Å². The summed E-state index contributed by atoms with van der Waals surface area (Å²) in [6.45, 7) is 5.81. The Morgan fingerprint density at radius 3 is 2.67 bits per heavy atom. The largest absolute Gasteiger partial charge is 0.378 e. The van der Waals surface area contributed by atoms with Gasteiger partial charge >= 0.3 is 0 Å². The highest BCUT2D eigenvalue weighted by Gasteiger charge is 2.13. The van der Waals surface area contributed by atoms with E-state index in [-0.39, 0.29) is 11.9 Å². The summed E-state index contributed by atoms with van der Waals surface area (Å²) in [7, 11) is 1.90. The molecule has 4 heteroatoms. The van der Waals surface area contributed by atoms with Crippen molar-refractivity contribution < 1.29 is 4.39 Å². The molecule has 1 N–H and O–H groups in total. The second kappa shape index (κ2) is 4.80. The first kappa shape index (κ1) is 12.6. The molecule has 18 heavy (non-hydrogen) atoms. The van der Waals surface area contributed by atoms with Crippen LogP contribution in [-0.4, -0.2) is 9.78 Å². The molecule has 1 atom stereocenters. The summed E-state index contributed by atoms with van der Waals surface area (Å²) in [4.78, 5) is 0. The highest BCUT2D eigenvalue weighted by Crippen LogP contribution is 2.24. The first-order valence-electron chi connectivity index (χ1n) is 6.01. The van der Waals surface area contributed by atoms with Crippen LogP contribution in [0.5, 0.6) is 0 Å². The van der Waals surface area contributed by atoms with Crippen LogP contribution in [-0.2, 0) is 7.05 Å². The molecule has 0 radical (unpaired) electrons. The van der Waals surface area contributed by atoms with Gasteiger partial charge in [0.15, 0.2) is 0 Å². The smallest absolute Gasteiger partial charge is 0.128 e. The van der Waals surface area contributed by atoms with Gasteiger partial charge in [0, 0.05) is 30.1 Å². The molecule has 3 nitrogen and oxygen atoms in total. The first-order chi connectivity index (χ1) is 8.49. The maximum absolute atomic E-state index is 13.5. The van der Waals surface area contributed by atoms with Crippen LogP contribution in [0.15, 0.2) is 24.4 Å². The quantitative estimate of drug-likeness (QED) is 0.901. The number of benzene rings is 1. The highest BCUT2D eigenvalue weighted by molar-refractivity contribution is 5.52. The Morgan fingerprint density at radius 1 is 1.33 bits per heavy atom. The van der Waals surface area contributed by atoms with Crippen LogP contribution in [0.3, 0.4) is 0 Å². The van der Waals surface area contributed by atoms with E-state index in [1.807, 2.05) is 33.2 Å². The van der Waals surface area contributed by atoms with Crippen LogP contribution in [0, 0.1) is 19.7 Å². The molecule has 1 aromatic carbocycles. The Morgan fingerprint density at radius 2 is 2.06 bits per heavy atom. The SMILES string of the molecule is Cc1nn(C)cc1C(C)Nc1cccc(F)c1C. The number of anilines is 1. The number of nitrogens with one attached hydrogen (secondary N) is 1. The summed E-state index contributed by atoms with van der Waals surface area (Å²) in [6.07, 6.45) is 1.99. The lowest BCUT2D eigenvalue weighted by atomic mass is 10.1. The van der Waals surface area contributed by atoms with Crippen LogP contribution in [0.4, 0.5) is 10.1 Å². The van der Waals surface area contributed by atoms with Gasteiger partial charge in [-0.15, -0.1) is 0 Å². The van der Waals surface area contributed by atoms with Crippen molar-refractivity contribution in [3.05, 3.63) is 47.0 Å². The van der Waals surface area contributed by atoms with E-state index in [2.05, 4.69) is 10.4 Å². The second-order valence-electron chi connectivity index (χ2n) is 4.62. The Bertz CT molecular complexity index is 560. The molecule has 1 unspecified atom stereocenters. The zero-order chi connectivity index (χ0) is 13.3. The molecule has 0 aliphatic rings. The number of aryl methyl sites for hydroxylation is 2. The van der Waals surface area contributed by atoms with E-state index in [1.165, 1.54) is 6.07 Å². The molecule has 0 amide bonds. The normalized spacial score (nSPS) is 12.5. The van der Waals surface area contributed by atoms with Gasteiger partial charge in [0.2, 0.25) is 0 Å². The van der Waals surface area contributed by atoms with E-state index in [0.29, 0.717) is 5.56 Å². The summed E-state index contributed by atoms with van der Waals surface area (Å²) in [5, 5.41) is 7.64. The predicted octanol–water partition coefficient (Wildman–Crippen LogP) is 3.35. The van der Waals surface area contributed by atoms with Crippen molar-refractivity contribution in [1.29, 1.82) is 0 Å². The molecular formula is C14H18FN3. The number of hydrogen-bond acceptors (Lipinski definition) is 2.